The molecule has 1 unspecified atom stereocenters. The van der Waals surface area contributed by atoms with E-state index in [2.05, 4.69) is 34.4 Å². The third-order valence-corrected chi connectivity index (χ3v) is 4.77. The van der Waals surface area contributed by atoms with Crippen molar-refractivity contribution in [2.45, 2.75) is 52.0 Å². The Kier molecular flexibility index (Phi) is 12.7. The van der Waals surface area contributed by atoms with Crippen LogP contribution in [-0.4, -0.2) is 77.1 Å². The molecule has 1 fully saturated rings. The number of rotatable bonds is 11. The second kappa shape index (κ2) is 14.3. The average Bonchev–Trinajstić information content (AvgIpc) is 2.88. The van der Waals surface area contributed by atoms with Gasteiger partial charge in [-0.3, -0.25) is 9.89 Å². The number of nitrogens with zero attached hydrogens (tertiary/aromatic N) is 2. The van der Waals surface area contributed by atoms with Crippen LogP contribution >= 0.6 is 0 Å². The normalized spacial score (nSPS) is 18.2. The van der Waals surface area contributed by atoms with Crippen molar-refractivity contribution in [3.05, 3.63) is 0 Å². The topological polar surface area (TPSA) is 58.1 Å². The van der Waals surface area contributed by atoms with E-state index in [1.165, 1.54) is 38.8 Å². The summed E-state index contributed by atoms with van der Waals surface area (Å²) in [7, 11) is 3.53. The minimum absolute atomic E-state index is 0.564. The molecule has 0 spiro atoms. The van der Waals surface area contributed by atoms with E-state index in [1.54, 1.807) is 7.11 Å². The lowest BCUT2D eigenvalue weighted by molar-refractivity contribution is 0.0698. The molecule has 25 heavy (non-hydrogen) atoms. The van der Waals surface area contributed by atoms with Gasteiger partial charge in [0.25, 0.3) is 0 Å². The third-order valence-electron chi connectivity index (χ3n) is 4.77. The van der Waals surface area contributed by atoms with Crippen molar-refractivity contribution < 1.29 is 9.47 Å². The fourth-order valence-electron chi connectivity index (χ4n) is 3.26. The van der Waals surface area contributed by atoms with E-state index in [9.17, 15) is 0 Å². The second-order valence-corrected chi connectivity index (χ2v) is 7.10. The van der Waals surface area contributed by atoms with Gasteiger partial charge in [0.2, 0.25) is 0 Å². The SMILES string of the molecule is CN=C(NCCCOCCOC)NCC(C(C)C)N1CCCCCC1. The third kappa shape index (κ3) is 10.0. The van der Waals surface area contributed by atoms with E-state index in [0.29, 0.717) is 25.2 Å². The Balaban J connectivity index is 2.28. The molecule has 0 saturated carbocycles. The molecule has 1 saturated heterocycles. The summed E-state index contributed by atoms with van der Waals surface area (Å²) in [6.07, 6.45) is 6.39. The Hall–Kier alpha value is -0.850. The molecule has 1 rings (SSSR count). The van der Waals surface area contributed by atoms with Crippen LogP contribution in [0.25, 0.3) is 0 Å². The monoisotopic (exact) mass is 356 g/mol. The number of hydrogen-bond acceptors (Lipinski definition) is 4. The first-order valence-corrected chi connectivity index (χ1v) is 9.94. The van der Waals surface area contributed by atoms with Gasteiger partial charge in [-0.1, -0.05) is 26.7 Å². The van der Waals surface area contributed by atoms with E-state index >= 15 is 0 Å². The summed E-state index contributed by atoms with van der Waals surface area (Å²) < 4.78 is 10.4. The maximum atomic E-state index is 5.48. The number of methoxy groups -OCH3 is 1. The van der Waals surface area contributed by atoms with Gasteiger partial charge in [0, 0.05) is 39.9 Å². The van der Waals surface area contributed by atoms with Crippen molar-refractivity contribution >= 4 is 5.96 Å². The molecule has 0 amide bonds. The molecule has 0 aromatic heterocycles. The minimum atomic E-state index is 0.564. The second-order valence-electron chi connectivity index (χ2n) is 7.10. The predicted octanol–water partition coefficient (Wildman–Crippen LogP) is 2.11. The number of nitrogens with one attached hydrogen (secondary N) is 2. The first-order chi connectivity index (χ1) is 12.2. The number of hydrogen-bond donors (Lipinski definition) is 2. The maximum Gasteiger partial charge on any atom is 0.191 e. The van der Waals surface area contributed by atoms with Crippen LogP contribution in [0, 0.1) is 5.92 Å². The quantitative estimate of drug-likeness (QED) is 0.337. The Morgan fingerprint density at radius 3 is 2.36 bits per heavy atom. The lowest BCUT2D eigenvalue weighted by atomic mass is 10.0. The molecule has 0 aromatic carbocycles. The van der Waals surface area contributed by atoms with Crippen LogP contribution in [0.15, 0.2) is 4.99 Å². The van der Waals surface area contributed by atoms with E-state index in [0.717, 1.165) is 32.1 Å². The van der Waals surface area contributed by atoms with E-state index in [1.807, 2.05) is 7.05 Å². The molecule has 6 nitrogen and oxygen atoms in total. The van der Waals surface area contributed by atoms with Gasteiger partial charge in [-0.25, -0.2) is 0 Å². The van der Waals surface area contributed by atoms with E-state index in [-0.39, 0.29) is 0 Å². The molecule has 0 aliphatic carbocycles. The van der Waals surface area contributed by atoms with Crippen molar-refractivity contribution in [1.29, 1.82) is 0 Å². The lowest BCUT2D eigenvalue weighted by Crippen LogP contribution is -2.49. The van der Waals surface area contributed by atoms with Gasteiger partial charge in [0.15, 0.2) is 5.96 Å². The van der Waals surface area contributed by atoms with Gasteiger partial charge in [0.1, 0.15) is 0 Å². The summed E-state index contributed by atoms with van der Waals surface area (Å²) in [5.74, 6) is 1.52. The van der Waals surface area contributed by atoms with Crippen molar-refractivity contribution in [2.75, 3.05) is 60.2 Å². The highest BCUT2D eigenvalue weighted by Crippen LogP contribution is 2.16. The van der Waals surface area contributed by atoms with Crippen molar-refractivity contribution in [3.63, 3.8) is 0 Å². The summed E-state index contributed by atoms with van der Waals surface area (Å²) in [4.78, 5) is 7.01. The zero-order valence-electron chi connectivity index (χ0n) is 16.9. The standard InChI is InChI=1S/C19H40N4O2/c1-17(2)18(23-11-7-5-6-8-12-23)16-22-19(20-3)21-10-9-13-25-15-14-24-4/h17-18H,5-16H2,1-4H3,(H2,20,21,22). The van der Waals surface area contributed by atoms with Crippen LogP contribution in [0.5, 0.6) is 0 Å². The van der Waals surface area contributed by atoms with Crippen molar-refractivity contribution in [2.24, 2.45) is 10.9 Å². The van der Waals surface area contributed by atoms with Crippen LogP contribution < -0.4 is 10.6 Å². The summed E-state index contributed by atoms with van der Waals surface area (Å²) in [5.41, 5.74) is 0. The molecule has 1 aliphatic heterocycles. The largest absolute Gasteiger partial charge is 0.382 e. The number of likely N-dealkylation sites (tertiary alicyclic amines) is 1. The molecule has 0 aromatic rings. The summed E-state index contributed by atoms with van der Waals surface area (Å²) in [5, 5.41) is 6.90. The maximum absolute atomic E-state index is 5.48. The van der Waals surface area contributed by atoms with Crippen molar-refractivity contribution in [1.82, 2.24) is 15.5 Å². The van der Waals surface area contributed by atoms with Crippen molar-refractivity contribution in [3.8, 4) is 0 Å². The average molecular weight is 357 g/mol. The predicted molar refractivity (Wildman–Crippen MR) is 105 cm³/mol. The fourth-order valence-corrected chi connectivity index (χ4v) is 3.26. The molecular weight excluding hydrogens is 316 g/mol. The molecule has 148 valence electrons. The fraction of sp³-hybridized carbons (Fsp3) is 0.947. The lowest BCUT2D eigenvalue weighted by Gasteiger charge is -2.34. The van der Waals surface area contributed by atoms with Crippen LogP contribution in [-0.2, 0) is 9.47 Å². The minimum Gasteiger partial charge on any atom is -0.382 e. The Morgan fingerprint density at radius 2 is 1.76 bits per heavy atom. The summed E-state index contributed by atoms with van der Waals surface area (Å²) >= 11 is 0. The molecule has 1 atom stereocenters. The smallest absolute Gasteiger partial charge is 0.191 e. The van der Waals surface area contributed by atoms with E-state index < -0.39 is 0 Å². The first kappa shape index (κ1) is 22.2. The molecule has 1 aliphatic rings. The van der Waals surface area contributed by atoms with Crippen LogP contribution in [0.4, 0.5) is 0 Å². The van der Waals surface area contributed by atoms with Gasteiger partial charge in [0.05, 0.1) is 13.2 Å². The molecule has 2 N–H and O–H groups in total. The highest BCUT2D eigenvalue weighted by atomic mass is 16.5. The van der Waals surface area contributed by atoms with E-state index in [4.69, 9.17) is 9.47 Å². The Labute approximate surface area is 154 Å². The zero-order valence-corrected chi connectivity index (χ0v) is 16.9. The zero-order chi connectivity index (χ0) is 18.3. The molecule has 0 bridgehead atoms. The number of aliphatic imine (C=N–C) groups is 1. The number of ether oxygens (including phenoxy) is 2. The van der Waals surface area contributed by atoms with Crippen LogP contribution in [0.1, 0.15) is 46.0 Å². The van der Waals surface area contributed by atoms with Gasteiger partial charge >= 0.3 is 0 Å². The Morgan fingerprint density at radius 1 is 1.04 bits per heavy atom. The highest BCUT2D eigenvalue weighted by molar-refractivity contribution is 5.79. The molecule has 1 heterocycles. The highest BCUT2D eigenvalue weighted by Gasteiger charge is 2.22. The van der Waals surface area contributed by atoms with Gasteiger partial charge in [-0.05, 0) is 38.3 Å². The Bertz CT molecular complexity index is 342. The number of guanidine groups is 1. The first-order valence-electron chi connectivity index (χ1n) is 9.94. The molecule has 0 radical (unpaired) electrons. The van der Waals surface area contributed by atoms with Crippen LogP contribution in [0.3, 0.4) is 0 Å². The van der Waals surface area contributed by atoms with Gasteiger partial charge in [-0.15, -0.1) is 0 Å². The summed E-state index contributed by atoms with van der Waals surface area (Å²) in [6, 6.07) is 0.564. The van der Waals surface area contributed by atoms with Crippen LogP contribution in [0.2, 0.25) is 0 Å². The molecule has 6 heteroatoms. The van der Waals surface area contributed by atoms with Gasteiger partial charge < -0.3 is 20.1 Å². The molecular formula is C19H40N4O2. The van der Waals surface area contributed by atoms with Gasteiger partial charge in [-0.2, -0.15) is 0 Å². The summed E-state index contributed by atoms with van der Waals surface area (Å²) in [6.45, 7) is 11.0.